The molecule has 1 aromatic rings. The first kappa shape index (κ1) is 10.6. The molecular weight excluding hydrogens is 194 g/mol. The Bertz CT molecular complexity index is 374. The molecule has 0 saturated heterocycles. The minimum absolute atomic E-state index is 0.593. The summed E-state index contributed by atoms with van der Waals surface area (Å²) in [6.45, 7) is 0.882. The maximum absolute atomic E-state index is 13.1. The predicted molar refractivity (Wildman–Crippen MR) is 43.6 cm³/mol. The maximum atomic E-state index is 13.1. The molecule has 0 spiro atoms. The van der Waals surface area contributed by atoms with Crippen LogP contribution in [0.2, 0.25) is 0 Å². The highest BCUT2D eigenvalue weighted by atomic mass is 19.2. The van der Waals surface area contributed by atoms with Crippen LogP contribution in [0.15, 0.2) is 18.2 Å². The molecule has 1 aromatic carbocycles. The van der Waals surface area contributed by atoms with Crippen molar-refractivity contribution in [3.63, 3.8) is 0 Å². The van der Waals surface area contributed by atoms with Crippen LogP contribution in [0.4, 0.5) is 8.78 Å². The molecule has 0 aliphatic heterocycles. The Kier molecular flexibility index (Phi) is 2.53. The van der Waals surface area contributed by atoms with Gasteiger partial charge in [-0.15, -0.1) is 0 Å². The predicted octanol–water partition coefficient (Wildman–Crippen LogP) is 1.26. The Labute approximate surface area is 78.6 Å². The third-order valence-electron chi connectivity index (χ3n) is 1.89. The highest BCUT2D eigenvalue weighted by molar-refractivity contribution is 5.78. The van der Waals surface area contributed by atoms with Crippen molar-refractivity contribution in [1.82, 2.24) is 0 Å². The number of aliphatic hydroxyl groups is 1. The Hall–Kier alpha value is -1.49. The van der Waals surface area contributed by atoms with E-state index in [1.54, 1.807) is 0 Å². The molecule has 0 aliphatic rings. The summed E-state index contributed by atoms with van der Waals surface area (Å²) in [6, 6.07) is 2.99. The van der Waals surface area contributed by atoms with Crippen molar-refractivity contribution in [2.45, 2.75) is 12.5 Å². The molecule has 0 amide bonds. The van der Waals surface area contributed by atoms with Crippen LogP contribution < -0.4 is 0 Å². The topological polar surface area (TPSA) is 57.5 Å². The number of hydrogen-bond acceptors (Lipinski definition) is 2. The fourth-order valence-corrected chi connectivity index (χ4v) is 0.995. The lowest BCUT2D eigenvalue weighted by Gasteiger charge is -2.18. The quantitative estimate of drug-likeness (QED) is 0.758. The van der Waals surface area contributed by atoms with Crippen molar-refractivity contribution < 1.29 is 23.8 Å². The number of halogens is 2. The van der Waals surface area contributed by atoms with Crippen molar-refractivity contribution in [2.24, 2.45) is 0 Å². The highest BCUT2D eigenvalue weighted by Gasteiger charge is 2.35. The zero-order chi connectivity index (χ0) is 10.9. The molecule has 0 radical (unpaired) electrons. The Morgan fingerprint density at radius 2 is 2.00 bits per heavy atom. The van der Waals surface area contributed by atoms with Gasteiger partial charge in [0.05, 0.1) is 0 Å². The summed E-state index contributed by atoms with van der Waals surface area (Å²) < 4.78 is 25.8. The van der Waals surface area contributed by atoms with E-state index in [0.717, 1.165) is 25.1 Å². The van der Waals surface area contributed by atoms with Crippen LogP contribution in [0.1, 0.15) is 12.5 Å². The van der Waals surface area contributed by atoms with Crippen LogP contribution in [-0.4, -0.2) is 16.2 Å². The Morgan fingerprint density at radius 3 is 2.50 bits per heavy atom. The number of carbonyl (C=O) groups is 1. The van der Waals surface area contributed by atoms with Gasteiger partial charge in [0, 0.05) is 5.56 Å². The minimum atomic E-state index is -2.42. The van der Waals surface area contributed by atoms with E-state index in [9.17, 15) is 18.7 Å². The van der Waals surface area contributed by atoms with E-state index >= 15 is 0 Å². The number of rotatable bonds is 2. The van der Waals surface area contributed by atoms with E-state index < -0.39 is 28.8 Å². The van der Waals surface area contributed by atoms with Gasteiger partial charge in [-0.2, -0.15) is 0 Å². The van der Waals surface area contributed by atoms with E-state index in [0.29, 0.717) is 0 Å². The molecule has 3 nitrogen and oxygen atoms in total. The van der Waals surface area contributed by atoms with E-state index in [1.807, 2.05) is 0 Å². The summed E-state index contributed by atoms with van der Waals surface area (Å²) in [7, 11) is 0. The Morgan fingerprint density at radius 1 is 1.43 bits per heavy atom. The summed E-state index contributed by atoms with van der Waals surface area (Å²) in [5, 5.41) is 17.9. The van der Waals surface area contributed by atoms with Crippen molar-refractivity contribution in [1.29, 1.82) is 0 Å². The van der Waals surface area contributed by atoms with Crippen molar-refractivity contribution in [3.8, 4) is 0 Å². The molecule has 0 heterocycles. The zero-order valence-corrected chi connectivity index (χ0v) is 7.29. The van der Waals surface area contributed by atoms with Crippen LogP contribution in [0.5, 0.6) is 0 Å². The van der Waals surface area contributed by atoms with Crippen LogP contribution >= 0.6 is 0 Å². The third kappa shape index (κ3) is 1.58. The molecule has 0 bridgehead atoms. The second kappa shape index (κ2) is 3.34. The van der Waals surface area contributed by atoms with Crippen molar-refractivity contribution >= 4 is 5.97 Å². The maximum Gasteiger partial charge on any atom is 0.340 e. The second-order valence-corrected chi connectivity index (χ2v) is 2.98. The fourth-order valence-electron chi connectivity index (χ4n) is 0.995. The van der Waals surface area contributed by atoms with Gasteiger partial charge in [0.15, 0.2) is 17.2 Å². The lowest BCUT2D eigenvalue weighted by Crippen LogP contribution is -2.33. The molecule has 1 atom stereocenters. The van der Waals surface area contributed by atoms with Gasteiger partial charge in [0.25, 0.3) is 0 Å². The molecular formula is C9H8F2O3. The molecule has 0 saturated carbocycles. The first-order valence-electron chi connectivity index (χ1n) is 3.77. The van der Waals surface area contributed by atoms with E-state index in [4.69, 9.17) is 5.11 Å². The molecule has 76 valence electrons. The van der Waals surface area contributed by atoms with E-state index in [1.165, 1.54) is 0 Å². The van der Waals surface area contributed by atoms with Crippen molar-refractivity contribution in [3.05, 3.63) is 35.4 Å². The van der Waals surface area contributed by atoms with Gasteiger partial charge in [0.1, 0.15) is 0 Å². The largest absolute Gasteiger partial charge is 0.479 e. The van der Waals surface area contributed by atoms with Gasteiger partial charge in [-0.05, 0) is 13.0 Å². The average Bonchev–Trinajstić information content (AvgIpc) is 2.09. The standard InChI is InChI=1S/C9H8F2O3/c1-9(14,8(12)13)5-3-2-4-6(10)7(5)11/h2-4,14H,1H3,(H,12,13)/t9-/m1/s1. The monoisotopic (exact) mass is 202 g/mol. The molecule has 0 unspecified atom stereocenters. The van der Waals surface area contributed by atoms with Crippen LogP contribution in [-0.2, 0) is 10.4 Å². The minimum Gasteiger partial charge on any atom is -0.479 e. The average molecular weight is 202 g/mol. The first-order chi connectivity index (χ1) is 6.37. The smallest absolute Gasteiger partial charge is 0.340 e. The third-order valence-corrected chi connectivity index (χ3v) is 1.89. The van der Waals surface area contributed by atoms with E-state index in [-0.39, 0.29) is 0 Å². The number of carboxylic acid groups (broad SMARTS) is 1. The number of benzene rings is 1. The van der Waals surface area contributed by atoms with Gasteiger partial charge in [-0.1, -0.05) is 12.1 Å². The van der Waals surface area contributed by atoms with E-state index in [2.05, 4.69) is 0 Å². The first-order valence-corrected chi connectivity index (χ1v) is 3.77. The van der Waals surface area contributed by atoms with Gasteiger partial charge in [-0.3, -0.25) is 0 Å². The summed E-state index contributed by atoms with van der Waals surface area (Å²) in [5.41, 5.74) is -3.02. The number of carboxylic acids is 1. The number of aliphatic carboxylic acids is 1. The van der Waals surface area contributed by atoms with Crippen LogP contribution in [0.3, 0.4) is 0 Å². The fraction of sp³-hybridized carbons (Fsp3) is 0.222. The highest BCUT2D eigenvalue weighted by Crippen LogP contribution is 2.24. The zero-order valence-electron chi connectivity index (χ0n) is 7.29. The molecule has 5 heteroatoms. The lowest BCUT2D eigenvalue weighted by atomic mass is 9.95. The SMILES string of the molecule is C[C@](O)(C(=O)O)c1cccc(F)c1F. The molecule has 1 rings (SSSR count). The van der Waals surface area contributed by atoms with Gasteiger partial charge in [0.2, 0.25) is 0 Å². The normalized spacial score (nSPS) is 14.9. The molecule has 0 aromatic heterocycles. The molecule has 2 N–H and O–H groups in total. The summed E-state index contributed by atoms with van der Waals surface area (Å²) in [5.74, 6) is -4.18. The molecule has 0 aliphatic carbocycles. The van der Waals surface area contributed by atoms with Crippen molar-refractivity contribution in [2.75, 3.05) is 0 Å². The molecule has 14 heavy (non-hydrogen) atoms. The molecule has 0 fully saturated rings. The van der Waals surface area contributed by atoms with Gasteiger partial charge >= 0.3 is 5.97 Å². The van der Waals surface area contributed by atoms with Gasteiger partial charge in [-0.25, -0.2) is 13.6 Å². The lowest BCUT2D eigenvalue weighted by molar-refractivity contribution is -0.157. The summed E-state index contributed by atoms with van der Waals surface area (Å²) in [4.78, 5) is 10.5. The Balaban J connectivity index is 3.33. The number of hydrogen-bond donors (Lipinski definition) is 2. The van der Waals surface area contributed by atoms with Crippen LogP contribution in [0, 0.1) is 11.6 Å². The van der Waals surface area contributed by atoms with Gasteiger partial charge < -0.3 is 10.2 Å². The summed E-state index contributed by atoms with van der Waals surface area (Å²) >= 11 is 0. The second-order valence-electron chi connectivity index (χ2n) is 2.98. The summed E-state index contributed by atoms with van der Waals surface area (Å²) in [6.07, 6.45) is 0. The van der Waals surface area contributed by atoms with Crippen LogP contribution in [0.25, 0.3) is 0 Å².